The summed E-state index contributed by atoms with van der Waals surface area (Å²) in [5, 5.41) is 6.96. The number of ether oxygens (including phenoxy) is 1. The molecule has 7 heteroatoms. The fourth-order valence-corrected chi connectivity index (χ4v) is 2.55. The lowest BCUT2D eigenvalue weighted by atomic mass is 10.1. The van der Waals surface area contributed by atoms with Gasteiger partial charge in [-0.05, 0) is 42.3 Å². The van der Waals surface area contributed by atoms with Crippen molar-refractivity contribution in [3.05, 3.63) is 77.9 Å². The predicted molar refractivity (Wildman–Crippen MR) is 99.4 cm³/mol. The lowest BCUT2D eigenvalue weighted by molar-refractivity contribution is -0.123. The van der Waals surface area contributed by atoms with Crippen LogP contribution >= 0.6 is 0 Å². The first-order valence-electron chi connectivity index (χ1n) is 8.51. The molecule has 1 heterocycles. The summed E-state index contributed by atoms with van der Waals surface area (Å²) in [4.78, 5) is 27.3. The van der Waals surface area contributed by atoms with Gasteiger partial charge in [-0.15, -0.1) is 0 Å². The SMILES string of the molecule is CC(=O)c1ccc(OCC(=O)NCc2ccccc2Cn2cncn2)cc1. The average Bonchev–Trinajstić information content (AvgIpc) is 3.19. The van der Waals surface area contributed by atoms with Crippen molar-refractivity contribution in [2.45, 2.75) is 20.0 Å². The van der Waals surface area contributed by atoms with Crippen LogP contribution in [0.3, 0.4) is 0 Å². The lowest BCUT2D eigenvalue weighted by Gasteiger charge is -2.11. The van der Waals surface area contributed by atoms with E-state index in [1.54, 1.807) is 35.3 Å². The maximum absolute atomic E-state index is 12.1. The van der Waals surface area contributed by atoms with Crippen LogP contribution in [0.4, 0.5) is 0 Å². The minimum absolute atomic E-state index is 0.0103. The second kappa shape index (κ2) is 8.75. The molecular weight excluding hydrogens is 344 g/mol. The highest BCUT2D eigenvalue weighted by Gasteiger charge is 2.07. The Balaban J connectivity index is 1.51. The van der Waals surface area contributed by atoms with Crippen molar-refractivity contribution < 1.29 is 14.3 Å². The highest BCUT2D eigenvalue weighted by atomic mass is 16.5. The highest BCUT2D eigenvalue weighted by Crippen LogP contribution is 2.13. The number of Topliss-reactive ketones (excluding diaryl/α,β-unsaturated/α-hetero) is 1. The molecule has 2 aromatic carbocycles. The van der Waals surface area contributed by atoms with E-state index in [-0.39, 0.29) is 18.3 Å². The smallest absolute Gasteiger partial charge is 0.258 e. The average molecular weight is 364 g/mol. The van der Waals surface area contributed by atoms with E-state index in [0.717, 1.165) is 11.1 Å². The third kappa shape index (κ3) is 5.24. The second-order valence-electron chi connectivity index (χ2n) is 6.01. The molecule has 0 fully saturated rings. The van der Waals surface area contributed by atoms with E-state index in [2.05, 4.69) is 15.4 Å². The molecule has 1 amide bonds. The molecule has 0 spiro atoms. The Morgan fingerprint density at radius 2 is 1.81 bits per heavy atom. The summed E-state index contributed by atoms with van der Waals surface area (Å²) in [5.74, 6) is 0.312. The van der Waals surface area contributed by atoms with E-state index in [1.165, 1.54) is 13.3 Å². The van der Waals surface area contributed by atoms with Gasteiger partial charge in [0, 0.05) is 12.1 Å². The fraction of sp³-hybridized carbons (Fsp3) is 0.200. The third-order valence-electron chi connectivity index (χ3n) is 4.02. The Labute approximate surface area is 157 Å². The number of nitrogens with one attached hydrogen (secondary N) is 1. The van der Waals surface area contributed by atoms with Crippen molar-refractivity contribution in [2.24, 2.45) is 0 Å². The lowest BCUT2D eigenvalue weighted by Crippen LogP contribution is -2.28. The van der Waals surface area contributed by atoms with Crippen LogP contribution in [0.2, 0.25) is 0 Å². The highest BCUT2D eigenvalue weighted by molar-refractivity contribution is 5.94. The van der Waals surface area contributed by atoms with Gasteiger partial charge in [0.1, 0.15) is 18.4 Å². The first-order valence-corrected chi connectivity index (χ1v) is 8.51. The molecule has 3 aromatic rings. The van der Waals surface area contributed by atoms with Crippen LogP contribution in [0.25, 0.3) is 0 Å². The molecule has 138 valence electrons. The molecule has 0 aliphatic rings. The van der Waals surface area contributed by atoms with Crippen molar-refractivity contribution in [3.8, 4) is 5.75 Å². The van der Waals surface area contributed by atoms with Gasteiger partial charge in [-0.3, -0.25) is 9.59 Å². The largest absolute Gasteiger partial charge is 0.484 e. The molecule has 0 aliphatic heterocycles. The summed E-state index contributed by atoms with van der Waals surface area (Å²) < 4.78 is 7.19. The number of nitrogens with zero attached hydrogens (tertiary/aromatic N) is 3. The molecule has 1 N–H and O–H groups in total. The fourth-order valence-electron chi connectivity index (χ4n) is 2.55. The maximum Gasteiger partial charge on any atom is 0.258 e. The van der Waals surface area contributed by atoms with Crippen LogP contribution in [0, 0.1) is 0 Å². The Kier molecular flexibility index (Phi) is 5.94. The zero-order valence-electron chi connectivity index (χ0n) is 15.0. The van der Waals surface area contributed by atoms with E-state index in [9.17, 15) is 9.59 Å². The van der Waals surface area contributed by atoms with E-state index < -0.39 is 0 Å². The summed E-state index contributed by atoms with van der Waals surface area (Å²) >= 11 is 0. The number of amides is 1. The minimum atomic E-state index is -0.221. The summed E-state index contributed by atoms with van der Waals surface area (Å²) in [6, 6.07) is 14.6. The van der Waals surface area contributed by atoms with Gasteiger partial charge in [0.2, 0.25) is 0 Å². The third-order valence-corrected chi connectivity index (χ3v) is 4.02. The van der Waals surface area contributed by atoms with Crippen LogP contribution in [0.1, 0.15) is 28.4 Å². The molecule has 0 bridgehead atoms. The van der Waals surface area contributed by atoms with Gasteiger partial charge in [0.25, 0.3) is 5.91 Å². The van der Waals surface area contributed by atoms with Crippen LogP contribution in [-0.2, 0) is 17.9 Å². The number of rotatable bonds is 8. The Morgan fingerprint density at radius 1 is 1.07 bits per heavy atom. The molecule has 0 unspecified atom stereocenters. The van der Waals surface area contributed by atoms with Crippen molar-refractivity contribution in [1.82, 2.24) is 20.1 Å². The molecule has 3 rings (SSSR count). The van der Waals surface area contributed by atoms with Gasteiger partial charge < -0.3 is 10.1 Å². The van der Waals surface area contributed by atoms with Crippen molar-refractivity contribution in [1.29, 1.82) is 0 Å². The topological polar surface area (TPSA) is 86.1 Å². The van der Waals surface area contributed by atoms with Gasteiger partial charge in [-0.2, -0.15) is 5.10 Å². The number of carbonyl (C=O) groups is 2. The standard InChI is InChI=1S/C20H20N4O3/c1-15(25)16-6-8-19(9-7-16)27-12-20(26)22-10-17-4-2-3-5-18(17)11-24-14-21-13-23-24/h2-9,13-14H,10-12H2,1H3,(H,22,26). The van der Waals surface area contributed by atoms with E-state index in [0.29, 0.717) is 24.4 Å². The van der Waals surface area contributed by atoms with E-state index >= 15 is 0 Å². The van der Waals surface area contributed by atoms with Crippen LogP contribution in [0.5, 0.6) is 5.75 Å². The van der Waals surface area contributed by atoms with E-state index in [4.69, 9.17) is 4.74 Å². The van der Waals surface area contributed by atoms with Crippen LogP contribution < -0.4 is 10.1 Å². The molecule has 0 atom stereocenters. The number of aromatic nitrogens is 3. The molecular formula is C20H20N4O3. The van der Waals surface area contributed by atoms with Crippen LogP contribution in [-0.4, -0.2) is 33.1 Å². The number of benzene rings is 2. The second-order valence-corrected chi connectivity index (χ2v) is 6.01. The van der Waals surface area contributed by atoms with Gasteiger partial charge in [-0.1, -0.05) is 24.3 Å². The number of hydrogen-bond donors (Lipinski definition) is 1. The Morgan fingerprint density at radius 3 is 2.48 bits per heavy atom. The number of carbonyl (C=O) groups excluding carboxylic acids is 2. The van der Waals surface area contributed by atoms with Crippen LogP contribution in [0.15, 0.2) is 61.2 Å². The molecule has 0 aliphatic carbocycles. The summed E-state index contributed by atoms with van der Waals surface area (Å²) in [5.41, 5.74) is 2.67. The molecule has 0 saturated heterocycles. The van der Waals surface area contributed by atoms with Crippen molar-refractivity contribution in [2.75, 3.05) is 6.61 Å². The monoisotopic (exact) mass is 364 g/mol. The zero-order valence-corrected chi connectivity index (χ0v) is 15.0. The minimum Gasteiger partial charge on any atom is -0.484 e. The predicted octanol–water partition coefficient (Wildman–Crippen LogP) is 2.22. The van der Waals surface area contributed by atoms with E-state index in [1.807, 2.05) is 24.3 Å². The molecule has 27 heavy (non-hydrogen) atoms. The number of hydrogen-bond acceptors (Lipinski definition) is 5. The van der Waals surface area contributed by atoms with Gasteiger partial charge >= 0.3 is 0 Å². The summed E-state index contributed by atoms with van der Waals surface area (Å²) in [7, 11) is 0. The van der Waals surface area contributed by atoms with Crippen molar-refractivity contribution >= 4 is 11.7 Å². The molecule has 7 nitrogen and oxygen atoms in total. The first-order chi connectivity index (χ1) is 13.1. The van der Waals surface area contributed by atoms with Gasteiger partial charge in [0.05, 0.1) is 6.54 Å². The Hall–Kier alpha value is -3.48. The molecule has 0 saturated carbocycles. The van der Waals surface area contributed by atoms with Gasteiger partial charge in [0.15, 0.2) is 12.4 Å². The summed E-state index contributed by atoms with van der Waals surface area (Å²) in [6.07, 6.45) is 3.14. The summed E-state index contributed by atoms with van der Waals surface area (Å²) in [6.45, 7) is 2.40. The molecule has 1 aromatic heterocycles. The molecule has 0 radical (unpaired) electrons. The number of ketones is 1. The zero-order chi connectivity index (χ0) is 19.1. The first kappa shape index (κ1) is 18.3. The quantitative estimate of drug-likeness (QED) is 0.620. The van der Waals surface area contributed by atoms with Gasteiger partial charge in [-0.25, -0.2) is 9.67 Å². The van der Waals surface area contributed by atoms with Crippen molar-refractivity contribution in [3.63, 3.8) is 0 Å². The maximum atomic E-state index is 12.1. The Bertz CT molecular complexity index is 905. The normalized spacial score (nSPS) is 10.4.